The van der Waals surface area contributed by atoms with Crippen LogP contribution < -0.4 is 5.73 Å². The molecule has 0 spiro atoms. The van der Waals surface area contributed by atoms with Crippen molar-refractivity contribution in [2.24, 2.45) is 5.73 Å². The van der Waals surface area contributed by atoms with Gasteiger partial charge in [-0.25, -0.2) is 0 Å². The van der Waals surface area contributed by atoms with Gasteiger partial charge in [0.15, 0.2) is 0 Å². The molecular formula is C7H17N3O. The van der Waals surface area contributed by atoms with Gasteiger partial charge in [-0.2, -0.15) is 0 Å². The van der Waals surface area contributed by atoms with Crippen LogP contribution in [-0.4, -0.2) is 42.1 Å². The van der Waals surface area contributed by atoms with Crippen molar-refractivity contribution in [3.63, 3.8) is 0 Å². The number of nitrogens with two attached hydrogens (primary N) is 1. The zero-order chi connectivity index (χ0) is 8.85. The van der Waals surface area contributed by atoms with Crippen LogP contribution in [0.25, 0.3) is 0 Å². The average molecular weight is 159 g/mol. The topological polar surface area (TPSA) is 73.3 Å². The molecule has 0 saturated carbocycles. The summed E-state index contributed by atoms with van der Waals surface area (Å²) < 4.78 is 0. The predicted molar refractivity (Wildman–Crippen MR) is 45.7 cm³/mol. The predicted octanol–water partition coefficient (Wildman–Crippen LogP) is -0.375. The number of nitrogens with zero attached hydrogens (tertiary/aromatic N) is 1. The summed E-state index contributed by atoms with van der Waals surface area (Å²) in [4.78, 5) is 1.91. The van der Waals surface area contributed by atoms with E-state index in [2.05, 4.69) is 0 Å². The van der Waals surface area contributed by atoms with E-state index in [1.165, 1.54) is 0 Å². The second-order valence-electron chi connectivity index (χ2n) is 2.90. The van der Waals surface area contributed by atoms with Crippen molar-refractivity contribution < 1.29 is 5.11 Å². The number of nitrogens with one attached hydrogen (secondary N) is 1. The maximum atomic E-state index is 8.92. The van der Waals surface area contributed by atoms with Crippen molar-refractivity contribution in [3.8, 4) is 0 Å². The Bertz CT molecular complexity index is 125. The van der Waals surface area contributed by atoms with Crippen molar-refractivity contribution in [2.45, 2.75) is 19.4 Å². The molecule has 0 aromatic rings. The maximum absolute atomic E-state index is 8.92. The van der Waals surface area contributed by atoms with E-state index in [0.717, 1.165) is 13.0 Å². The van der Waals surface area contributed by atoms with E-state index in [9.17, 15) is 0 Å². The van der Waals surface area contributed by atoms with Crippen molar-refractivity contribution in [1.82, 2.24) is 4.90 Å². The Balaban J connectivity index is 3.37. The van der Waals surface area contributed by atoms with Crippen LogP contribution in [0.2, 0.25) is 0 Å². The van der Waals surface area contributed by atoms with E-state index in [0.29, 0.717) is 6.54 Å². The van der Waals surface area contributed by atoms with Crippen molar-refractivity contribution in [1.29, 1.82) is 5.41 Å². The Labute approximate surface area is 67.5 Å². The molecule has 0 heterocycles. The highest BCUT2D eigenvalue weighted by molar-refractivity contribution is 5.78. The molecule has 0 aromatic heterocycles. The summed E-state index contributed by atoms with van der Waals surface area (Å²) in [6.07, 6.45) is 0.452. The Kier molecular flexibility index (Phi) is 4.81. The monoisotopic (exact) mass is 159 g/mol. The SMILES string of the molecule is CC(O)CCN(C)CC(=N)N. The molecule has 1 atom stereocenters. The molecule has 1 unspecified atom stereocenters. The Hall–Kier alpha value is -0.610. The van der Waals surface area contributed by atoms with Gasteiger partial charge < -0.3 is 10.8 Å². The van der Waals surface area contributed by atoms with Gasteiger partial charge in [-0.05, 0) is 20.4 Å². The molecule has 4 heteroatoms. The number of hydrogen-bond acceptors (Lipinski definition) is 3. The van der Waals surface area contributed by atoms with Gasteiger partial charge in [0, 0.05) is 6.54 Å². The third kappa shape index (κ3) is 7.29. The first-order valence-electron chi connectivity index (χ1n) is 3.72. The summed E-state index contributed by atoms with van der Waals surface area (Å²) in [6.45, 7) is 3.01. The van der Waals surface area contributed by atoms with Crippen LogP contribution in [0.15, 0.2) is 0 Å². The summed E-state index contributed by atoms with van der Waals surface area (Å²) in [5, 5.41) is 15.9. The molecule has 0 rings (SSSR count). The average Bonchev–Trinajstić information content (AvgIpc) is 1.82. The molecule has 11 heavy (non-hydrogen) atoms. The zero-order valence-electron chi connectivity index (χ0n) is 7.17. The van der Waals surface area contributed by atoms with Gasteiger partial charge in [-0.1, -0.05) is 0 Å². The number of amidine groups is 1. The van der Waals surface area contributed by atoms with Crippen LogP contribution in [0, 0.1) is 5.41 Å². The molecule has 0 amide bonds. The van der Waals surface area contributed by atoms with Crippen molar-refractivity contribution in [2.75, 3.05) is 20.1 Å². The molecule has 0 aliphatic rings. The van der Waals surface area contributed by atoms with E-state index in [-0.39, 0.29) is 11.9 Å². The van der Waals surface area contributed by atoms with Crippen LogP contribution in [0.5, 0.6) is 0 Å². The lowest BCUT2D eigenvalue weighted by Gasteiger charge is -2.15. The van der Waals surface area contributed by atoms with Crippen LogP contribution >= 0.6 is 0 Å². The number of rotatable bonds is 5. The Morgan fingerprint density at radius 2 is 2.27 bits per heavy atom. The van der Waals surface area contributed by atoms with E-state index >= 15 is 0 Å². The van der Waals surface area contributed by atoms with Gasteiger partial charge >= 0.3 is 0 Å². The number of likely N-dealkylation sites (N-methyl/N-ethyl adjacent to an activating group) is 1. The van der Waals surface area contributed by atoms with Crippen LogP contribution in [0.1, 0.15) is 13.3 Å². The van der Waals surface area contributed by atoms with Crippen LogP contribution in [-0.2, 0) is 0 Å². The fraction of sp³-hybridized carbons (Fsp3) is 0.857. The highest BCUT2D eigenvalue weighted by Crippen LogP contribution is 1.91. The summed E-state index contributed by atoms with van der Waals surface area (Å²) in [6, 6.07) is 0. The number of aliphatic hydroxyl groups excluding tert-OH is 1. The molecule has 4 N–H and O–H groups in total. The molecule has 66 valence electrons. The molecule has 0 aromatic carbocycles. The lowest BCUT2D eigenvalue weighted by molar-refractivity contribution is 0.168. The molecule has 4 nitrogen and oxygen atoms in total. The molecule has 0 fully saturated rings. The summed E-state index contributed by atoms with van der Waals surface area (Å²) >= 11 is 0. The van der Waals surface area contributed by atoms with Crippen LogP contribution in [0.4, 0.5) is 0 Å². The molecule has 0 bridgehead atoms. The minimum Gasteiger partial charge on any atom is -0.393 e. The van der Waals surface area contributed by atoms with Gasteiger partial charge in [-0.15, -0.1) is 0 Å². The lowest BCUT2D eigenvalue weighted by atomic mass is 10.3. The lowest BCUT2D eigenvalue weighted by Crippen LogP contribution is -2.31. The quantitative estimate of drug-likeness (QED) is 0.378. The van der Waals surface area contributed by atoms with Crippen LogP contribution in [0.3, 0.4) is 0 Å². The molecule has 0 radical (unpaired) electrons. The van der Waals surface area contributed by atoms with E-state index in [1.54, 1.807) is 6.92 Å². The molecule has 0 aliphatic carbocycles. The zero-order valence-corrected chi connectivity index (χ0v) is 7.17. The summed E-state index contributed by atoms with van der Waals surface area (Å²) in [7, 11) is 1.88. The highest BCUT2D eigenvalue weighted by Gasteiger charge is 2.01. The standard InChI is InChI=1S/C7H17N3O/c1-6(11)3-4-10(2)5-7(8)9/h6,11H,3-5H2,1-2H3,(H3,8,9). The normalized spacial score (nSPS) is 13.5. The minimum atomic E-state index is -0.274. The van der Waals surface area contributed by atoms with E-state index in [1.807, 2.05) is 11.9 Å². The fourth-order valence-corrected chi connectivity index (χ4v) is 0.777. The van der Waals surface area contributed by atoms with Gasteiger partial charge in [0.05, 0.1) is 12.6 Å². The number of hydrogen-bond donors (Lipinski definition) is 3. The first kappa shape index (κ1) is 10.4. The molecular weight excluding hydrogens is 142 g/mol. The largest absolute Gasteiger partial charge is 0.393 e. The van der Waals surface area contributed by atoms with E-state index < -0.39 is 0 Å². The van der Waals surface area contributed by atoms with Gasteiger partial charge in [0.2, 0.25) is 0 Å². The highest BCUT2D eigenvalue weighted by atomic mass is 16.3. The first-order chi connectivity index (χ1) is 5.02. The summed E-state index contributed by atoms with van der Waals surface area (Å²) in [5.41, 5.74) is 5.18. The third-order valence-electron chi connectivity index (χ3n) is 1.37. The van der Waals surface area contributed by atoms with Gasteiger partial charge in [0.1, 0.15) is 5.84 Å². The number of aliphatic hydroxyl groups is 1. The maximum Gasteiger partial charge on any atom is 0.105 e. The van der Waals surface area contributed by atoms with Gasteiger partial charge in [-0.3, -0.25) is 10.3 Å². The van der Waals surface area contributed by atoms with E-state index in [4.69, 9.17) is 16.2 Å². The molecule has 0 saturated heterocycles. The second kappa shape index (κ2) is 5.09. The Morgan fingerprint density at radius 1 is 1.73 bits per heavy atom. The third-order valence-corrected chi connectivity index (χ3v) is 1.37. The van der Waals surface area contributed by atoms with Gasteiger partial charge in [0.25, 0.3) is 0 Å². The van der Waals surface area contributed by atoms with Crippen molar-refractivity contribution in [3.05, 3.63) is 0 Å². The first-order valence-corrected chi connectivity index (χ1v) is 3.72. The fourth-order valence-electron chi connectivity index (χ4n) is 0.777. The summed E-state index contributed by atoms with van der Waals surface area (Å²) in [5.74, 6) is 0.165. The Morgan fingerprint density at radius 3 is 2.64 bits per heavy atom. The second-order valence-corrected chi connectivity index (χ2v) is 2.90. The molecule has 0 aliphatic heterocycles. The smallest absolute Gasteiger partial charge is 0.105 e. The minimum absolute atomic E-state index is 0.165. The van der Waals surface area contributed by atoms with Crippen molar-refractivity contribution >= 4 is 5.84 Å².